The summed E-state index contributed by atoms with van der Waals surface area (Å²) in [6.07, 6.45) is -0.565. The Morgan fingerprint density at radius 3 is 2.57 bits per heavy atom. The van der Waals surface area contributed by atoms with Crippen molar-refractivity contribution >= 4 is 23.4 Å². The minimum Gasteiger partial charge on any atom is -0.456 e. The van der Waals surface area contributed by atoms with Crippen LogP contribution in [0.25, 0.3) is 0 Å². The Balaban J connectivity index is 1.72. The maximum absolute atomic E-state index is 12.7. The van der Waals surface area contributed by atoms with Gasteiger partial charge in [0.25, 0.3) is 0 Å². The lowest BCUT2D eigenvalue weighted by atomic mass is 9.77. The third-order valence-corrected chi connectivity index (χ3v) is 5.26. The highest BCUT2D eigenvalue weighted by Gasteiger charge is 2.53. The monoisotopic (exact) mass is 402 g/mol. The average Bonchev–Trinajstić information content (AvgIpc) is 3.01. The van der Waals surface area contributed by atoms with Gasteiger partial charge in [-0.15, -0.1) is 0 Å². The van der Waals surface area contributed by atoms with Gasteiger partial charge in [-0.3, -0.25) is 5.32 Å². The van der Waals surface area contributed by atoms with Gasteiger partial charge in [0.15, 0.2) is 5.60 Å². The molecular formula is C23H18N2O5. The van der Waals surface area contributed by atoms with Crippen molar-refractivity contribution in [2.75, 3.05) is 17.7 Å². The van der Waals surface area contributed by atoms with Crippen LogP contribution in [0.15, 0.2) is 60.7 Å². The number of rotatable bonds is 2. The molecule has 0 aromatic heterocycles. The van der Waals surface area contributed by atoms with Crippen LogP contribution in [0.4, 0.5) is 16.2 Å². The van der Waals surface area contributed by atoms with Crippen molar-refractivity contribution in [2.24, 2.45) is 0 Å². The van der Waals surface area contributed by atoms with E-state index in [2.05, 4.69) is 5.32 Å². The number of anilines is 2. The first-order valence-electron chi connectivity index (χ1n) is 9.52. The topological polar surface area (TPSA) is 99.9 Å². The van der Waals surface area contributed by atoms with Crippen molar-refractivity contribution in [1.29, 1.82) is 0 Å². The summed E-state index contributed by atoms with van der Waals surface area (Å²) in [6, 6.07) is 17.7. The summed E-state index contributed by atoms with van der Waals surface area (Å²) < 4.78 is 17.1. The van der Waals surface area contributed by atoms with Gasteiger partial charge in [-0.1, -0.05) is 18.2 Å². The van der Waals surface area contributed by atoms with Gasteiger partial charge >= 0.3 is 12.1 Å². The molecule has 2 aliphatic rings. The first-order chi connectivity index (χ1) is 14.5. The molecule has 3 aromatic rings. The van der Waals surface area contributed by atoms with Crippen LogP contribution in [-0.2, 0) is 15.1 Å². The second-order valence-electron chi connectivity index (χ2n) is 7.03. The highest BCUT2D eigenvalue weighted by atomic mass is 16.6. The number of amides is 1. The lowest BCUT2D eigenvalue weighted by molar-refractivity contribution is 0.0224. The Morgan fingerprint density at radius 2 is 1.77 bits per heavy atom. The van der Waals surface area contributed by atoms with Crippen LogP contribution >= 0.6 is 0 Å². The molecule has 0 aliphatic carbocycles. The summed E-state index contributed by atoms with van der Waals surface area (Å²) in [6.45, 7) is 1.99. The molecule has 150 valence electrons. The van der Waals surface area contributed by atoms with E-state index in [-0.39, 0.29) is 6.61 Å². The van der Waals surface area contributed by atoms with E-state index in [1.54, 1.807) is 49.4 Å². The summed E-state index contributed by atoms with van der Waals surface area (Å²) in [4.78, 5) is 24.6. The number of nitrogens with two attached hydrogens (primary N) is 1. The number of nitrogen functional groups attached to an aromatic ring is 1. The van der Waals surface area contributed by atoms with Gasteiger partial charge in [0, 0.05) is 40.2 Å². The van der Waals surface area contributed by atoms with Gasteiger partial charge in [-0.05, 0) is 37.3 Å². The molecule has 7 heteroatoms. The summed E-state index contributed by atoms with van der Waals surface area (Å²) in [5.41, 5.74) is 8.41. The fourth-order valence-corrected chi connectivity index (χ4v) is 4.06. The highest BCUT2D eigenvalue weighted by Crippen LogP contribution is 2.56. The highest BCUT2D eigenvalue weighted by molar-refractivity contribution is 5.97. The number of carbonyl (C=O) groups excluding carboxylic acids is 2. The Labute approximate surface area is 172 Å². The van der Waals surface area contributed by atoms with E-state index < -0.39 is 17.7 Å². The van der Waals surface area contributed by atoms with E-state index in [0.717, 1.165) is 5.56 Å². The number of hydrogen-bond donors (Lipinski definition) is 2. The van der Waals surface area contributed by atoms with Crippen LogP contribution in [0.3, 0.4) is 0 Å². The van der Waals surface area contributed by atoms with Gasteiger partial charge in [-0.25, -0.2) is 9.59 Å². The lowest BCUT2D eigenvalue weighted by Crippen LogP contribution is -2.33. The molecule has 0 bridgehead atoms. The Morgan fingerprint density at radius 1 is 1.03 bits per heavy atom. The van der Waals surface area contributed by atoms with Crippen LogP contribution in [0.5, 0.6) is 11.5 Å². The van der Waals surface area contributed by atoms with E-state index in [4.69, 9.17) is 19.9 Å². The molecular weight excluding hydrogens is 384 g/mol. The molecule has 7 nitrogen and oxygen atoms in total. The molecule has 30 heavy (non-hydrogen) atoms. The molecule has 3 aromatic carbocycles. The maximum atomic E-state index is 12.7. The largest absolute Gasteiger partial charge is 0.456 e. The van der Waals surface area contributed by atoms with E-state index in [9.17, 15) is 9.59 Å². The standard InChI is InChI=1S/C23H18N2O5/c1-2-28-22(27)25-14-8-10-18-20(12-14)29-19-11-13(24)7-9-17(19)23(18)16-6-4-3-5-15(16)21(26)30-23/h3-12H,2,24H2,1H3,(H,25,27). The number of hydrogen-bond acceptors (Lipinski definition) is 6. The van der Waals surface area contributed by atoms with Crippen LogP contribution < -0.4 is 15.8 Å². The lowest BCUT2D eigenvalue weighted by Gasteiger charge is -2.36. The van der Waals surface area contributed by atoms with E-state index in [0.29, 0.717) is 39.6 Å². The van der Waals surface area contributed by atoms with Gasteiger partial charge in [0.2, 0.25) is 0 Å². The van der Waals surface area contributed by atoms with Crippen molar-refractivity contribution in [2.45, 2.75) is 12.5 Å². The molecule has 0 fully saturated rings. The predicted molar refractivity (Wildman–Crippen MR) is 110 cm³/mol. The smallest absolute Gasteiger partial charge is 0.411 e. The zero-order valence-corrected chi connectivity index (χ0v) is 16.1. The maximum Gasteiger partial charge on any atom is 0.411 e. The molecule has 2 aliphatic heterocycles. The number of nitrogens with one attached hydrogen (secondary N) is 1. The van der Waals surface area contributed by atoms with Crippen LogP contribution in [0, 0.1) is 0 Å². The van der Waals surface area contributed by atoms with E-state index in [1.165, 1.54) is 0 Å². The first kappa shape index (κ1) is 18.1. The zero-order chi connectivity index (χ0) is 20.9. The molecule has 1 amide bonds. The molecule has 0 saturated heterocycles. The third-order valence-electron chi connectivity index (χ3n) is 5.26. The van der Waals surface area contributed by atoms with Crippen LogP contribution in [0.1, 0.15) is 34.0 Å². The fraction of sp³-hybridized carbons (Fsp3) is 0.130. The Bertz CT molecular complexity index is 1210. The number of benzene rings is 3. The van der Waals surface area contributed by atoms with Gasteiger partial charge in [0.05, 0.1) is 12.2 Å². The average molecular weight is 402 g/mol. The third kappa shape index (κ3) is 2.52. The fourth-order valence-electron chi connectivity index (χ4n) is 4.06. The van der Waals surface area contributed by atoms with Crippen molar-refractivity contribution < 1.29 is 23.8 Å². The second-order valence-corrected chi connectivity index (χ2v) is 7.03. The molecule has 0 radical (unpaired) electrons. The second kappa shape index (κ2) is 6.52. The summed E-state index contributed by atoms with van der Waals surface area (Å²) in [5.74, 6) is 0.530. The minimum absolute atomic E-state index is 0.260. The quantitative estimate of drug-likeness (QED) is 0.487. The molecule has 3 N–H and O–H groups in total. The SMILES string of the molecule is CCOC(=O)Nc1ccc2c(c1)Oc1cc(N)ccc1C21OC(=O)c2ccccc21. The Kier molecular flexibility index (Phi) is 3.92. The first-order valence-corrected chi connectivity index (χ1v) is 9.52. The van der Waals surface area contributed by atoms with Crippen LogP contribution in [-0.4, -0.2) is 18.7 Å². The van der Waals surface area contributed by atoms with E-state index >= 15 is 0 Å². The molecule has 1 atom stereocenters. The van der Waals surface area contributed by atoms with Crippen molar-refractivity contribution in [3.05, 3.63) is 82.9 Å². The molecule has 2 heterocycles. The summed E-state index contributed by atoms with van der Waals surface area (Å²) in [5, 5.41) is 2.66. The zero-order valence-electron chi connectivity index (χ0n) is 16.1. The molecule has 1 unspecified atom stereocenters. The predicted octanol–water partition coefficient (Wildman–Crippen LogP) is 4.41. The van der Waals surface area contributed by atoms with Gasteiger partial charge in [-0.2, -0.15) is 0 Å². The normalized spacial score (nSPS) is 18.0. The minimum atomic E-state index is -1.16. The van der Waals surface area contributed by atoms with E-state index in [1.807, 2.05) is 18.2 Å². The number of fused-ring (bicyclic) bond motifs is 6. The van der Waals surface area contributed by atoms with Crippen molar-refractivity contribution in [3.8, 4) is 11.5 Å². The van der Waals surface area contributed by atoms with Crippen LogP contribution in [0.2, 0.25) is 0 Å². The number of esters is 1. The molecule has 1 spiro atoms. The summed E-state index contributed by atoms with van der Waals surface area (Å²) >= 11 is 0. The summed E-state index contributed by atoms with van der Waals surface area (Å²) in [7, 11) is 0. The Hall–Kier alpha value is -4.00. The van der Waals surface area contributed by atoms with Crippen molar-refractivity contribution in [1.82, 2.24) is 0 Å². The molecule has 0 saturated carbocycles. The number of carbonyl (C=O) groups is 2. The number of ether oxygens (including phenoxy) is 3. The van der Waals surface area contributed by atoms with Gasteiger partial charge in [0.1, 0.15) is 11.5 Å². The van der Waals surface area contributed by atoms with Gasteiger partial charge < -0.3 is 19.9 Å². The molecule has 5 rings (SSSR count). The van der Waals surface area contributed by atoms with Crippen molar-refractivity contribution in [3.63, 3.8) is 0 Å².